The molecule has 0 aliphatic rings. The summed E-state index contributed by atoms with van der Waals surface area (Å²) in [6, 6.07) is 8.42. The van der Waals surface area contributed by atoms with E-state index < -0.39 is 0 Å². The number of aryl methyl sites for hydroxylation is 2. The zero-order valence-corrected chi connectivity index (χ0v) is 11.5. The Hall–Kier alpha value is -2.14. The van der Waals surface area contributed by atoms with Crippen LogP contribution < -0.4 is 0 Å². The molecule has 0 unspecified atom stereocenters. The molecule has 0 saturated heterocycles. The zero-order chi connectivity index (χ0) is 13.5. The third-order valence-corrected chi connectivity index (χ3v) is 2.87. The number of aromatic nitrogens is 2. The molecular weight excluding hydrogens is 232 g/mol. The van der Waals surface area contributed by atoms with E-state index in [1.807, 2.05) is 6.92 Å². The van der Waals surface area contributed by atoms with Gasteiger partial charge in [-0.3, -0.25) is 0 Å². The van der Waals surface area contributed by atoms with Crippen molar-refractivity contribution in [2.45, 2.75) is 33.1 Å². The molecule has 2 aromatic rings. The molecule has 19 heavy (non-hydrogen) atoms. The Bertz CT molecular complexity index is 571. The lowest BCUT2D eigenvalue weighted by Crippen LogP contribution is -1.88. The molecule has 1 aromatic heterocycles. The summed E-state index contributed by atoms with van der Waals surface area (Å²) in [7, 11) is 0. The molecule has 0 spiro atoms. The highest BCUT2D eigenvalue weighted by atomic mass is 14.8. The molecular formula is C17H18N2. The zero-order valence-electron chi connectivity index (χ0n) is 11.5. The van der Waals surface area contributed by atoms with Crippen LogP contribution in [0.5, 0.6) is 0 Å². The second-order valence-electron chi connectivity index (χ2n) is 4.63. The first-order chi connectivity index (χ1) is 9.28. The van der Waals surface area contributed by atoms with Crippen molar-refractivity contribution < 1.29 is 0 Å². The van der Waals surface area contributed by atoms with Gasteiger partial charge in [0.25, 0.3) is 0 Å². The maximum atomic E-state index is 4.17. The van der Waals surface area contributed by atoms with Crippen molar-refractivity contribution in [2.24, 2.45) is 0 Å². The second-order valence-corrected chi connectivity index (χ2v) is 4.63. The predicted molar refractivity (Wildman–Crippen MR) is 77.8 cm³/mol. The molecule has 0 radical (unpaired) electrons. The van der Waals surface area contributed by atoms with Crippen LogP contribution in [0.15, 0.2) is 36.7 Å². The van der Waals surface area contributed by atoms with E-state index in [9.17, 15) is 0 Å². The summed E-state index contributed by atoms with van der Waals surface area (Å²) in [5, 5.41) is 0. The molecule has 1 aromatic carbocycles. The van der Waals surface area contributed by atoms with Crippen molar-refractivity contribution in [1.82, 2.24) is 9.97 Å². The van der Waals surface area contributed by atoms with E-state index in [0.29, 0.717) is 5.82 Å². The summed E-state index contributed by atoms with van der Waals surface area (Å²) in [6.07, 6.45) is 7.18. The van der Waals surface area contributed by atoms with Crippen molar-refractivity contribution >= 4 is 0 Å². The minimum atomic E-state index is 0.570. The topological polar surface area (TPSA) is 25.8 Å². The van der Waals surface area contributed by atoms with Gasteiger partial charge in [-0.05, 0) is 48.9 Å². The van der Waals surface area contributed by atoms with Crippen molar-refractivity contribution in [3.8, 4) is 11.8 Å². The summed E-state index contributed by atoms with van der Waals surface area (Å²) < 4.78 is 0. The predicted octanol–water partition coefficient (Wildman–Crippen LogP) is 3.53. The molecule has 0 atom stereocenters. The van der Waals surface area contributed by atoms with E-state index in [1.165, 1.54) is 18.4 Å². The third-order valence-electron chi connectivity index (χ3n) is 2.87. The summed E-state index contributed by atoms with van der Waals surface area (Å²) in [5.41, 5.74) is 3.43. The normalized spacial score (nSPS) is 9.79. The lowest BCUT2D eigenvalue weighted by Gasteiger charge is -1.99. The maximum absolute atomic E-state index is 4.17. The SMILES string of the molecule is CCCCc1ccc(C#Cc2ncc(C)cn2)cc1. The van der Waals surface area contributed by atoms with Crippen LogP contribution in [-0.2, 0) is 6.42 Å². The number of rotatable bonds is 3. The molecule has 96 valence electrons. The van der Waals surface area contributed by atoms with Gasteiger partial charge in [0.2, 0.25) is 5.82 Å². The molecule has 0 fully saturated rings. The van der Waals surface area contributed by atoms with Crippen LogP contribution in [0.25, 0.3) is 0 Å². The van der Waals surface area contributed by atoms with Gasteiger partial charge in [-0.1, -0.05) is 31.4 Å². The van der Waals surface area contributed by atoms with Gasteiger partial charge in [-0.15, -0.1) is 0 Å². The largest absolute Gasteiger partial charge is 0.229 e. The van der Waals surface area contributed by atoms with Gasteiger partial charge in [0.1, 0.15) is 0 Å². The van der Waals surface area contributed by atoms with Crippen molar-refractivity contribution in [1.29, 1.82) is 0 Å². The number of hydrogen-bond acceptors (Lipinski definition) is 2. The van der Waals surface area contributed by atoms with E-state index in [4.69, 9.17) is 0 Å². The Labute approximate surface area is 114 Å². The lowest BCUT2D eigenvalue weighted by atomic mass is 10.1. The standard InChI is InChI=1S/C17H18N2/c1-3-4-5-15-6-8-16(9-7-15)10-11-17-18-12-14(2)13-19-17/h6-9,12-13H,3-5H2,1-2H3. The van der Waals surface area contributed by atoms with E-state index >= 15 is 0 Å². The number of benzene rings is 1. The van der Waals surface area contributed by atoms with Gasteiger partial charge in [-0.25, -0.2) is 9.97 Å². The molecule has 0 saturated carbocycles. The average Bonchev–Trinajstić information content (AvgIpc) is 2.46. The highest BCUT2D eigenvalue weighted by Gasteiger charge is 1.93. The first-order valence-corrected chi connectivity index (χ1v) is 6.67. The lowest BCUT2D eigenvalue weighted by molar-refractivity contribution is 0.795. The quantitative estimate of drug-likeness (QED) is 0.779. The molecule has 0 bridgehead atoms. The van der Waals surface area contributed by atoms with Gasteiger partial charge in [0.05, 0.1) is 0 Å². The maximum Gasteiger partial charge on any atom is 0.205 e. The summed E-state index contributed by atoms with van der Waals surface area (Å²) >= 11 is 0. The molecule has 2 rings (SSSR count). The van der Waals surface area contributed by atoms with Gasteiger partial charge in [0, 0.05) is 18.0 Å². The van der Waals surface area contributed by atoms with E-state index in [1.54, 1.807) is 12.4 Å². The van der Waals surface area contributed by atoms with E-state index in [-0.39, 0.29) is 0 Å². The number of hydrogen-bond donors (Lipinski definition) is 0. The minimum absolute atomic E-state index is 0.570. The molecule has 0 aliphatic heterocycles. The van der Waals surface area contributed by atoms with Gasteiger partial charge >= 0.3 is 0 Å². The van der Waals surface area contributed by atoms with Crippen molar-refractivity contribution in [3.05, 3.63) is 59.2 Å². The third kappa shape index (κ3) is 4.22. The number of unbranched alkanes of at least 4 members (excludes halogenated alkanes) is 1. The Balaban J connectivity index is 2.05. The molecule has 1 heterocycles. The molecule has 2 heteroatoms. The first-order valence-electron chi connectivity index (χ1n) is 6.67. The molecule has 2 nitrogen and oxygen atoms in total. The van der Waals surface area contributed by atoms with Gasteiger partial charge in [-0.2, -0.15) is 0 Å². The first kappa shape index (κ1) is 13.3. The number of nitrogens with zero attached hydrogens (tertiary/aromatic N) is 2. The smallest absolute Gasteiger partial charge is 0.205 e. The highest BCUT2D eigenvalue weighted by Crippen LogP contribution is 2.07. The molecule has 0 aliphatic carbocycles. The van der Waals surface area contributed by atoms with Crippen LogP contribution >= 0.6 is 0 Å². The van der Waals surface area contributed by atoms with Crippen LogP contribution in [0.2, 0.25) is 0 Å². The van der Waals surface area contributed by atoms with Crippen molar-refractivity contribution in [2.75, 3.05) is 0 Å². The van der Waals surface area contributed by atoms with Gasteiger partial charge < -0.3 is 0 Å². The fraction of sp³-hybridized carbons (Fsp3) is 0.294. The highest BCUT2D eigenvalue weighted by molar-refractivity contribution is 5.39. The fourth-order valence-electron chi connectivity index (χ4n) is 1.72. The summed E-state index contributed by atoms with van der Waals surface area (Å²) in [6.45, 7) is 4.17. The fourth-order valence-corrected chi connectivity index (χ4v) is 1.72. The molecule has 0 amide bonds. The second kappa shape index (κ2) is 6.70. The van der Waals surface area contributed by atoms with Gasteiger partial charge in [0.15, 0.2) is 0 Å². The Morgan fingerprint density at radius 3 is 2.32 bits per heavy atom. The molecule has 0 N–H and O–H groups in total. The van der Waals surface area contributed by atoms with Crippen molar-refractivity contribution in [3.63, 3.8) is 0 Å². The average molecular weight is 250 g/mol. The Kier molecular flexibility index (Phi) is 4.69. The van der Waals surface area contributed by atoms with E-state index in [2.05, 4.69) is 53.0 Å². The minimum Gasteiger partial charge on any atom is -0.229 e. The summed E-state index contributed by atoms with van der Waals surface area (Å²) in [4.78, 5) is 8.33. The Morgan fingerprint density at radius 2 is 1.68 bits per heavy atom. The van der Waals surface area contributed by atoms with Crippen LogP contribution in [0, 0.1) is 18.8 Å². The van der Waals surface area contributed by atoms with Crippen LogP contribution in [0.4, 0.5) is 0 Å². The van der Waals surface area contributed by atoms with Crippen LogP contribution in [0.3, 0.4) is 0 Å². The Morgan fingerprint density at radius 1 is 1.00 bits per heavy atom. The van der Waals surface area contributed by atoms with Crippen LogP contribution in [-0.4, -0.2) is 9.97 Å². The monoisotopic (exact) mass is 250 g/mol. The van der Waals surface area contributed by atoms with Crippen LogP contribution in [0.1, 0.15) is 42.3 Å². The van der Waals surface area contributed by atoms with E-state index in [0.717, 1.165) is 17.5 Å². The summed E-state index contributed by atoms with van der Waals surface area (Å²) in [5.74, 6) is 6.64.